The third-order valence-electron chi connectivity index (χ3n) is 5.07. The van der Waals surface area contributed by atoms with Crippen LogP contribution in [0.2, 0.25) is 0 Å². The van der Waals surface area contributed by atoms with Crippen LogP contribution in [-0.4, -0.2) is 18.4 Å². The summed E-state index contributed by atoms with van der Waals surface area (Å²) >= 11 is 0. The molecule has 0 spiro atoms. The van der Waals surface area contributed by atoms with E-state index in [0.29, 0.717) is 19.4 Å². The minimum atomic E-state index is -0.797. The maximum Gasteiger partial charge on any atom is 0.319 e. The van der Waals surface area contributed by atoms with Crippen molar-refractivity contribution < 1.29 is 14.3 Å². The number of carbonyl (C=O) groups is 2. The number of rotatable bonds is 3. The molecule has 1 atom stereocenters. The van der Waals surface area contributed by atoms with Crippen LogP contribution in [-0.2, 0) is 14.3 Å². The smallest absolute Gasteiger partial charge is 0.319 e. The lowest BCUT2D eigenvalue weighted by Crippen LogP contribution is -2.49. The first-order valence-corrected chi connectivity index (χ1v) is 7.81. The Balaban J connectivity index is 2.23. The first-order chi connectivity index (χ1) is 9.11. The Kier molecular flexibility index (Phi) is 4.64. The Labute approximate surface area is 116 Å². The highest BCUT2D eigenvalue weighted by molar-refractivity contribution is 6.04. The van der Waals surface area contributed by atoms with E-state index in [0.717, 1.165) is 44.4 Å². The summed E-state index contributed by atoms with van der Waals surface area (Å²) in [5, 5.41) is 0. The molecule has 2 fully saturated rings. The average molecular weight is 266 g/mol. The molecule has 3 heteroatoms. The van der Waals surface area contributed by atoms with E-state index in [1.807, 2.05) is 6.92 Å². The topological polar surface area (TPSA) is 43.4 Å². The first kappa shape index (κ1) is 14.5. The summed E-state index contributed by atoms with van der Waals surface area (Å²) in [6.07, 6.45) is 7.48. The molecule has 2 aliphatic rings. The van der Waals surface area contributed by atoms with Gasteiger partial charge in [-0.15, -0.1) is 0 Å². The van der Waals surface area contributed by atoms with Crippen molar-refractivity contribution in [2.75, 3.05) is 6.61 Å². The molecule has 0 N–H and O–H groups in total. The molecule has 0 aromatic carbocycles. The normalized spacial score (nSPS) is 36.0. The molecule has 0 saturated heterocycles. The van der Waals surface area contributed by atoms with Crippen LogP contribution in [0.1, 0.15) is 65.2 Å². The number of ketones is 1. The van der Waals surface area contributed by atoms with E-state index in [1.165, 1.54) is 0 Å². The highest BCUT2D eigenvalue weighted by Gasteiger charge is 2.53. The van der Waals surface area contributed by atoms with Gasteiger partial charge in [0.25, 0.3) is 0 Å². The lowest BCUT2D eigenvalue weighted by molar-refractivity contribution is -0.168. The molecule has 2 saturated carbocycles. The monoisotopic (exact) mass is 266 g/mol. The molecule has 3 nitrogen and oxygen atoms in total. The second kappa shape index (κ2) is 6.06. The summed E-state index contributed by atoms with van der Waals surface area (Å²) in [4.78, 5) is 25.0. The molecule has 0 aliphatic heterocycles. The van der Waals surface area contributed by atoms with Crippen molar-refractivity contribution in [2.24, 2.45) is 17.3 Å². The van der Waals surface area contributed by atoms with Crippen molar-refractivity contribution in [1.29, 1.82) is 0 Å². The summed E-state index contributed by atoms with van der Waals surface area (Å²) in [5.41, 5.74) is -0.797. The fourth-order valence-corrected chi connectivity index (χ4v) is 3.88. The van der Waals surface area contributed by atoms with E-state index in [4.69, 9.17) is 4.74 Å². The van der Waals surface area contributed by atoms with Crippen molar-refractivity contribution in [3.63, 3.8) is 0 Å². The van der Waals surface area contributed by atoms with Gasteiger partial charge in [0.1, 0.15) is 11.2 Å². The predicted molar refractivity (Wildman–Crippen MR) is 73.7 cm³/mol. The standard InChI is InChI=1S/C16H26O3/c1-3-19-15(18)16(11-5-4-6-14(16)17)13-9-7-12(2)8-10-13/h12-13H,3-11H2,1-2H3. The van der Waals surface area contributed by atoms with Crippen molar-refractivity contribution in [3.8, 4) is 0 Å². The van der Waals surface area contributed by atoms with Crippen LogP contribution in [0, 0.1) is 17.3 Å². The highest BCUT2D eigenvalue weighted by Crippen LogP contribution is 2.48. The first-order valence-electron chi connectivity index (χ1n) is 7.81. The zero-order valence-electron chi connectivity index (χ0n) is 12.2. The van der Waals surface area contributed by atoms with Gasteiger partial charge in [0.05, 0.1) is 6.61 Å². The molecule has 0 bridgehead atoms. The highest BCUT2D eigenvalue weighted by atomic mass is 16.5. The van der Waals surface area contributed by atoms with Crippen LogP contribution in [0.5, 0.6) is 0 Å². The molecular weight excluding hydrogens is 240 g/mol. The van der Waals surface area contributed by atoms with Crippen molar-refractivity contribution in [1.82, 2.24) is 0 Å². The summed E-state index contributed by atoms with van der Waals surface area (Å²) < 4.78 is 5.28. The molecule has 0 aromatic rings. The van der Waals surface area contributed by atoms with Crippen LogP contribution in [0.3, 0.4) is 0 Å². The fraction of sp³-hybridized carbons (Fsp3) is 0.875. The van der Waals surface area contributed by atoms with Gasteiger partial charge < -0.3 is 4.74 Å². The minimum absolute atomic E-state index is 0.150. The number of Topliss-reactive ketones (excluding diaryl/α,β-unsaturated/α-hetero) is 1. The van der Waals surface area contributed by atoms with E-state index in [9.17, 15) is 9.59 Å². The van der Waals surface area contributed by atoms with Gasteiger partial charge in [-0.2, -0.15) is 0 Å². The van der Waals surface area contributed by atoms with Crippen LogP contribution in [0.4, 0.5) is 0 Å². The Morgan fingerprint density at radius 2 is 1.95 bits per heavy atom. The zero-order chi connectivity index (χ0) is 13.9. The molecule has 19 heavy (non-hydrogen) atoms. The van der Waals surface area contributed by atoms with Gasteiger partial charge in [0.2, 0.25) is 0 Å². The maximum absolute atomic E-state index is 12.5. The Morgan fingerprint density at radius 1 is 1.26 bits per heavy atom. The lowest BCUT2D eigenvalue weighted by Gasteiger charge is -2.42. The number of hydrogen-bond donors (Lipinski definition) is 0. The molecule has 0 heterocycles. The molecule has 0 radical (unpaired) electrons. The fourth-order valence-electron chi connectivity index (χ4n) is 3.88. The molecule has 108 valence electrons. The van der Waals surface area contributed by atoms with Gasteiger partial charge in [-0.1, -0.05) is 26.2 Å². The van der Waals surface area contributed by atoms with Crippen LogP contribution in [0.25, 0.3) is 0 Å². The van der Waals surface area contributed by atoms with Crippen LogP contribution >= 0.6 is 0 Å². The van der Waals surface area contributed by atoms with E-state index < -0.39 is 5.41 Å². The Hall–Kier alpha value is -0.860. The second-order valence-electron chi connectivity index (χ2n) is 6.28. The molecular formula is C16H26O3. The summed E-state index contributed by atoms with van der Waals surface area (Å²) in [6, 6.07) is 0. The molecule has 2 aliphatic carbocycles. The summed E-state index contributed by atoms with van der Waals surface area (Å²) in [5.74, 6) is 0.862. The van der Waals surface area contributed by atoms with Crippen molar-refractivity contribution >= 4 is 11.8 Å². The maximum atomic E-state index is 12.5. The van der Waals surface area contributed by atoms with E-state index >= 15 is 0 Å². The summed E-state index contributed by atoms with van der Waals surface area (Å²) in [6.45, 7) is 4.45. The van der Waals surface area contributed by atoms with E-state index in [2.05, 4.69) is 6.92 Å². The molecule has 0 amide bonds. The van der Waals surface area contributed by atoms with Crippen LogP contribution in [0.15, 0.2) is 0 Å². The molecule has 1 unspecified atom stereocenters. The lowest BCUT2D eigenvalue weighted by atomic mass is 9.60. The predicted octanol–water partition coefficient (Wildman–Crippen LogP) is 3.51. The van der Waals surface area contributed by atoms with E-state index in [-0.39, 0.29) is 17.7 Å². The number of ether oxygens (including phenoxy) is 1. The van der Waals surface area contributed by atoms with Gasteiger partial charge in [0.15, 0.2) is 0 Å². The second-order valence-corrected chi connectivity index (χ2v) is 6.28. The number of hydrogen-bond acceptors (Lipinski definition) is 3. The summed E-state index contributed by atoms with van der Waals surface area (Å²) in [7, 11) is 0. The van der Waals surface area contributed by atoms with Gasteiger partial charge in [-0.05, 0) is 44.4 Å². The van der Waals surface area contributed by atoms with Gasteiger partial charge in [-0.3, -0.25) is 9.59 Å². The number of esters is 1. The largest absolute Gasteiger partial charge is 0.465 e. The number of carbonyl (C=O) groups excluding carboxylic acids is 2. The third-order valence-corrected chi connectivity index (χ3v) is 5.07. The molecule has 2 rings (SSSR count). The zero-order valence-corrected chi connectivity index (χ0v) is 12.2. The van der Waals surface area contributed by atoms with Gasteiger partial charge in [-0.25, -0.2) is 0 Å². The van der Waals surface area contributed by atoms with Crippen molar-refractivity contribution in [3.05, 3.63) is 0 Å². The average Bonchev–Trinajstić information content (AvgIpc) is 2.41. The van der Waals surface area contributed by atoms with Gasteiger partial charge in [0, 0.05) is 6.42 Å². The SMILES string of the molecule is CCOC(=O)C1(C2CCC(C)CC2)CCCCC1=O. The molecule has 0 aromatic heterocycles. The van der Waals surface area contributed by atoms with Crippen molar-refractivity contribution in [2.45, 2.75) is 65.2 Å². The van der Waals surface area contributed by atoms with E-state index in [1.54, 1.807) is 0 Å². The van der Waals surface area contributed by atoms with Gasteiger partial charge >= 0.3 is 5.97 Å². The quantitative estimate of drug-likeness (QED) is 0.580. The Morgan fingerprint density at radius 3 is 2.53 bits per heavy atom. The van der Waals surface area contributed by atoms with Crippen LogP contribution < -0.4 is 0 Å². The third kappa shape index (κ3) is 2.70. The minimum Gasteiger partial charge on any atom is -0.465 e. The Bertz CT molecular complexity index is 342.